The maximum atomic E-state index is 12.4. The number of amides is 1. The zero-order chi connectivity index (χ0) is 17.9. The van der Waals surface area contributed by atoms with E-state index >= 15 is 0 Å². The molecule has 0 bridgehead atoms. The Morgan fingerprint density at radius 2 is 2.08 bits per heavy atom. The van der Waals surface area contributed by atoms with Crippen LogP contribution in [0.5, 0.6) is 5.88 Å². The summed E-state index contributed by atoms with van der Waals surface area (Å²) in [7, 11) is 0. The minimum Gasteiger partial charge on any atom is -0.476 e. The summed E-state index contributed by atoms with van der Waals surface area (Å²) in [4.78, 5) is 32.1. The number of ether oxygens (including phenoxy) is 1. The minimum absolute atomic E-state index is 0.0483. The normalized spacial score (nSPS) is 15.3. The van der Waals surface area contributed by atoms with Crippen LogP contribution in [0.25, 0.3) is 5.65 Å². The fourth-order valence-corrected chi connectivity index (χ4v) is 3.11. The number of carbonyl (C=O) groups excluding carboxylic acids is 1. The molecule has 0 aliphatic carbocycles. The first kappa shape index (κ1) is 16.3. The fourth-order valence-electron chi connectivity index (χ4n) is 3.11. The lowest BCUT2D eigenvalue weighted by molar-refractivity contribution is 0.0658. The number of nitrogens with zero attached hydrogens (tertiary/aromatic N) is 4. The van der Waals surface area contributed by atoms with Crippen molar-refractivity contribution in [1.29, 1.82) is 0 Å². The SMILES string of the molecule is O=C(c1ccc(=O)[nH]c1)N1CCC(COc2ccc3nccn3n2)CC1. The quantitative estimate of drug-likeness (QED) is 0.764. The number of aromatic amines is 1. The molecule has 1 amide bonds. The number of hydrogen-bond donors (Lipinski definition) is 1. The van der Waals surface area contributed by atoms with Gasteiger partial charge in [0.05, 0.1) is 12.2 Å². The van der Waals surface area contributed by atoms with Crippen LogP contribution in [0, 0.1) is 5.92 Å². The number of piperidine rings is 1. The molecule has 1 N–H and O–H groups in total. The van der Waals surface area contributed by atoms with Crippen molar-refractivity contribution >= 4 is 11.6 Å². The highest BCUT2D eigenvalue weighted by Gasteiger charge is 2.24. The number of H-pyrrole nitrogens is 1. The molecule has 8 heteroatoms. The number of imidazole rings is 1. The highest BCUT2D eigenvalue weighted by atomic mass is 16.5. The third kappa shape index (κ3) is 3.44. The molecule has 0 radical (unpaired) electrons. The molecule has 134 valence electrons. The first-order valence-corrected chi connectivity index (χ1v) is 8.60. The molecule has 0 unspecified atom stereocenters. The topological polar surface area (TPSA) is 92.6 Å². The molecular formula is C18H19N5O3. The van der Waals surface area contributed by atoms with Crippen molar-refractivity contribution < 1.29 is 9.53 Å². The van der Waals surface area contributed by atoms with Crippen molar-refractivity contribution in [3.05, 3.63) is 58.8 Å². The average Bonchev–Trinajstić information content (AvgIpc) is 3.15. The van der Waals surface area contributed by atoms with Gasteiger partial charge in [0.25, 0.3) is 5.91 Å². The molecule has 8 nitrogen and oxygen atoms in total. The van der Waals surface area contributed by atoms with Gasteiger partial charge in [0.2, 0.25) is 11.4 Å². The molecular weight excluding hydrogens is 334 g/mol. The standard InChI is InChI=1S/C18H19N5O3/c24-16-3-1-14(11-20-16)18(25)22-8-5-13(6-9-22)12-26-17-4-2-15-19-7-10-23(15)21-17/h1-4,7,10-11,13H,5-6,8-9,12H2,(H,20,24). The van der Waals surface area contributed by atoms with E-state index in [4.69, 9.17) is 4.74 Å². The smallest absolute Gasteiger partial charge is 0.255 e. The molecule has 4 rings (SSSR count). The maximum absolute atomic E-state index is 12.4. The molecule has 1 aliphatic heterocycles. The molecule has 3 aromatic rings. The van der Waals surface area contributed by atoms with Gasteiger partial charge < -0.3 is 14.6 Å². The van der Waals surface area contributed by atoms with Gasteiger partial charge in [-0.25, -0.2) is 9.50 Å². The number of fused-ring (bicyclic) bond motifs is 1. The van der Waals surface area contributed by atoms with Gasteiger partial charge in [0, 0.05) is 43.8 Å². The van der Waals surface area contributed by atoms with E-state index in [1.54, 1.807) is 23.0 Å². The Kier molecular flexibility index (Phi) is 4.39. The number of nitrogens with one attached hydrogen (secondary N) is 1. The number of hydrogen-bond acceptors (Lipinski definition) is 5. The Bertz CT molecular complexity index is 952. The second-order valence-corrected chi connectivity index (χ2v) is 6.39. The summed E-state index contributed by atoms with van der Waals surface area (Å²) >= 11 is 0. The van der Waals surface area contributed by atoms with Crippen LogP contribution < -0.4 is 10.3 Å². The Morgan fingerprint density at radius 3 is 2.85 bits per heavy atom. The Balaban J connectivity index is 1.29. The predicted molar refractivity (Wildman–Crippen MR) is 94.2 cm³/mol. The van der Waals surface area contributed by atoms with Crippen LogP contribution in [0.4, 0.5) is 0 Å². The summed E-state index contributed by atoms with van der Waals surface area (Å²) in [5.41, 5.74) is 1.09. The van der Waals surface area contributed by atoms with Gasteiger partial charge in [-0.2, -0.15) is 0 Å². The first-order valence-electron chi connectivity index (χ1n) is 8.60. The summed E-state index contributed by atoms with van der Waals surface area (Å²) in [6.45, 7) is 1.94. The van der Waals surface area contributed by atoms with Gasteiger partial charge in [-0.15, -0.1) is 5.10 Å². The van der Waals surface area contributed by atoms with Crippen LogP contribution in [0.1, 0.15) is 23.2 Å². The van der Waals surface area contributed by atoms with E-state index in [2.05, 4.69) is 15.1 Å². The van der Waals surface area contributed by atoms with E-state index in [-0.39, 0.29) is 11.5 Å². The Labute approximate surface area is 149 Å². The highest BCUT2D eigenvalue weighted by molar-refractivity contribution is 5.93. The average molecular weight is 353 g/mol. The van der Waals surface area contributed by atoms with Gasteiger partial charge in [-0.1, -0.05) is 0 Å². The second kappa shape index (κ2) is 6.99. The van der Waals surface area contributed by atoms with Gasteiger partial charge in [0.15, 0.2) is 5.65 Å². The summed E-state index contributed by atoms with van der Waals surface area (Å²) in [5.74, 6) is 0.907. The molecule has 4 heterocycles. The molecule has 1 aliphatic rings. The van der Waals surface area contributed by atoms with Gasteiger partial charge in [-0.3, -0.25) is 9.59 Å². The van der Waals surface area contributed by atoms with Crippen LogP contribution in [-0.2, 0) is 0 Å². The zero-order valence-electron chi connectivity index (χ0n) is 14.2. The lowest BCUT2D eigenvalue weighted by Gasteiger charge is -2.31. The molecule has 1 fully saturated rings. The summed E-state index contributed by atoms with van der Waals surface area (Å²) in [5, 5.41) is 4.35. The molecule has 0 saturated carbocycles. The predicted octanol–water partition coefficient (Wildman–Crippen LogP) is 1.35. The van der Waals surface area contributed by atoms with E-state index < -0.39 is 0 Å². The molecule has 1 saturated heterocycles. The Hall–Kier alpha value is -3.16. The van der Waals surface area contributed by atoms with Crippen LogP contribution in [-0.4, -0.2) is 50.1 Å². The van der Waals surface area contributed by atoms with Crippen molar-refractivity contribution in [2.75, 3.05) is 19.7 Å². The number of rotatable bonds is 4. The molecule has 26 heavy (non-hydrogen) atoms. The van der Waals surface area contributed by atoms with Gasteiger partial charge in [-0.05, 0) is 30.9 Å². The summed E-state index contributed by atoms with van der Waals surface area (Å²) in [6.07, 6.45) is 6.70. The molecule has 3 aromatic heterocycles. The summed E-state index contributed by atoms with van der Waals surface area (Å²) < 4.78 is 7.49. The highest BCUT2D eigenvalue weighted by Crippen LogP contribution is 2.20. The first-order chi connectivity index (χ1) is 12.7. The number of aromatic nitrogens is 4. The van der Waals surface area contributed by atoms with E-state index in [9.17, 15) is 9.59 Å². The maximum Gasteiger partial charge on any atom is 0.255 e. The van der Waals surface area contributed by atoms with Crippen LogP contribution in [0.2, 0.25) is 0 Å². The van der Waals surface area contributed by atoms with Crippen molar-refractivity contribution in [3.8, 4) is 5.88 Å². The molecule has 0 spiro atoms. The van der Waals surface area contributed by atoms with Crippen molar-refractivity contribution in [2.24, 2.45) is 5.92 Å². The third-order valence-electron chi connectivity index (χ3n) is 4.63. The minimum atomic E-state index is -0.208. The van der Waals surface area contributed by atoms with E-state index in [1.807, 2.05) is 17.0 Å². The van der Waals surface area contributed by atoms with Crippen molar-refractivity contribution in [3.63, 3.8) is 0 Å². The van der Waals surface area contributed by atoms with Crippen molar-refractivity contribution in [2.45, 2.75) is 12.8 Å². The van der Waals surface area contributed by atoms with Gasteiger partial charge >= 0.3 is 0 Å². The van der Waals surface area contributed by atoms with Gasteiger partial charge in [0.1, 0.15) is 0 Å². The monoisotopic (exact) mass is 353 g/mol. The van der Waals surface area contributed by atoms with Crippen LogP contribution >= 0.6 is 0 Å². The lowest BCUT2D eigenvalue weighted by atomic mass is 9.97. The number of likely N-dealkylation sites (tertiary alicyclic amines) is 1. The summed E-state index contributed by atoms with van der Waals surface area (Å²) in [6, 6.07) is 6.62. The Morgan fingerprint density at radius 1 is 1.23 bits per heavy atom. The van der Waals surface area contributed by atoms with Crippen molar-refractivity contribution in [1.82, 2.24) is 24.5 Å². The molecule has 0 atom stereocenters. The van der Waals surface area contributed by atoms with Crippen LogP contribution in [0.3, 0.4) is 0 Å². The van der Waals surface area contributed by atoms with E-state index in [0.29, 0.717) is 37.1 Å². The van der Waals surface area contributed by atoms with E-state index in [0.717, 1.165) is 18.5 Å². The number of carbonyl (C=O) groups is 1. The third-order valence-corrected chi connectivity index (χ3v) is 4.63. The molecule has 0 aromatic carbocycles. The largest absolute Gasteiger partial charge is 0.476 e. The zero-order valence-corrected chi connectivity index (χ0v) is 14.2. The fraction of sp³-hybridized carbons (Fsp3) is 0.333. The van der Waals surface area contributed by atoms with E-state index in [1.165, 1.54) is 12.3 Å². The lowest BCUT2D eigenvalue weighted by Crippen LogP contribution is -2.39. The second-order valence-electron chi connectivity index (χ2n) is 6.39. The van der Waals surface area contributed by atoms with Crippen LogP contribution in [0.15, 0.2) is 47.7 Å². The number of pyridine rings is 1.